The molecule has 8 nitrogen and oxygen atoms in total. The van der Waals surface area contributed by atoms with Gasteiger partial charge in [-0.3, -0.25) is 10.7 Å². The van der Waals surface area contributed by atoms with Gasteiger partial charge in [0, 0.05) is 11.1 Å². The Kier molecular flexibility index (Phi) is 5.22. The Morgan fingerprint density at radius 3 is 2.72 bits per heavy atom. The Morgan fingerprint density at radius 2 is 1.91 bits per heavy atom. The first kappa shape index (κ1) is 20.4. The molecule has 0 bridgehead atoms. The van der Waals surface area contributed by atoms with Gasteiger partial charge in [0.1, 0.15) is 23.5 Å². The second kappa shape index (κ2) is 8.19. The number of nitrogens with one attached hydrogen (secondary N) is 3. The number of benzene rings is 2. The number of carbonyl (C=O) groups is 1. The van der Waals surface area contributed by atoms with Crippen LogP contribution >= 0.6 is 0 Å². The van der Waals surface area contributed by atoms with Gasteiger partial charge in [0.15, 0.2) is 6.23 Å². The molecule has 1 unspecified atom stereocenters. The Bertz CT molecular complexity index is 1220. The van der Waals surface area contributed by atoms with Crippen LogP contribution in [0.5, 0.6) is 0 Å². The number of hydrazone groups is 1. The summed E-state index contributed by atoms with van der Waals surface area (Å²) in [6, 6.07) is 6.95. The van der Waals surface area contributed by atoms with Gasteiger partial charge >= 0.3 is 6.09 Å². The van der Waals surface area contributed by atoms with Crippen LogP contribution < -0.4 is 10.7 Å². The molecule has 2 heterocycles. The molecule has 1 aliphatic heterocycles. The summed E-state index contributed by atoms with van der Waals surface area (Å²) in [6.07, 6.45) is 2.88. The fourth-order valence-corrected chi connectivity index (χ4v) is 4.20. The maximum Gasteiger partial charge on any atom is 0.414 e. The summed E-state index contributed by atoms with van der Waals surface area (Å²) in [5.74, 6) is -1.22. The van der Waals surface area contributed by atoms with Crippen LogP contribution in [-0.4, -0.2) is 33.0 Å². The van der Waals surface area contributed by atoms with Crippen molar-refractivity contribution in [3.05, 3.63) is 58.7 Å². The lowest BCUT2D eigenvalue weighted by Gasteiger charge is -2.23. The highest BCUT2D eigenvalue weighted by Gasteiger charge is 2.29. The molecule has 0 saturated heterocycles. The Balaban J connectivity index is 1.40. The number of hydrogen-bond donors (Lipinski definition) is 4. The van der Waals surface area contributed by atoms with Crippen LogP contribution in [0.1, 0.15) is 55.0 Å². The predicted molar refractivity (Wildman–Crippen MR) is 113 cm³/mol. The molecule has 32 heavy (non-hydrogen) atoms. The van der Waals surface area contributed by atoms with Crippen LogP contribution in [0.2, 0.25) is 0 Å². The second-order valence-corrected chi connectivity index (χ2v) is 7.92. The van der Waals surface area contributed by atoms with E-state index in [0.29, 0.717) is 16.6 Å². The van der Waals surface area contributed by atoms with Crippen molar-refractivity contribution >= 4 is 28.8 Å². The van der Waals surface area contributed by atoms with E-state index in [2.05, 4.69) is 25.8 Å². The lowest BCUT2D eigenvalue weighted by Crippen LogP contribution is -2.28. The van der Waals surface area contributed by atoms with Gasteiger partial charge < -0.3 is 14.8 Å². The van der Waals surface area contributed by atoms with Gasteiger partial charge in [0.05, 0.1) is 16.6 Å². The fraction of sp³-hybridized carbons (Fsp3) is 0.318. The van der Waals surface area contributed by atoms with Crippen LogP contribution in [0.4, 0.5) is 19.5 Å². The van der Waals surface area contributed by atoms with Gasteiger partial charge in [-0.25, -0.2) is 18.6 Å². The number of hydrogen-bond acceptors (Lipinski definition) is 6. The molecular weight excluding hydrogens is 420 g/mol. The zero-order valence-corrected chi connectivity index (χ0v) is 17.0. The normalized spacial score (nSPS) is 18.6. The number of fused-ring (bicyclic) bond motifs is 2. The van der Waals surface area contributed by atoms with E-state index in [4.69, 9.17) is 4.74 Å². The summed E-state index contributed by atoms with van der Waals surface area (Å²) in [4.78, 5) is 19.5. The first-order valence-electron chi connectivity index (χ1n) is 10.5. The quantitative estimate of drug-likeness (QED) is 0.490. The molecule has 10 heteroatoms. The Labute approximate surface area is 181 Å². The number of rotatable bonds is 3. The van der Waals surface area contributed by atoms with Crippen molar-refractivity contribution in [2.45, 2.75) is 44.4 Å². The number of H-pyrrole nitrogens is 1. The van der Waals surface area contributed by atoms with Gasteiger partial charge in [-0.2, -0.15) is 5.10 Å². The van der Waals surface area contributed by atoms with Crippen molar-refractivity contribution in [2.75, 3.05) is 5.32 Å². The summed E-state index contributed by atoms with van der Waals surface area (Å²) in [5, 5.41) is 16.6. The number of ether oxygens (including phenoxy) is 1. The number of halogens is 2. The van der Waals surface area contributed by atoms with E-state index in [9.17, 15) is 18.7 Å². The van der Waals surface area contributed by atoms with E-state index in [1.165, 1.54) is 0 Å². The van der Waals surface area contributed by atoms with E-state index < -0.39 is 24.0 Å². The topological polar surface area (TPSA) is 112 Å². The zero-order valence-electron chi connectivity index (χ0n) is 17.0. The molecule has 1 saturated carbocycles. The number of nitrogens with zero attached hydrogens (tertiary/aromatic N) is 2. The third-order valence-electron chi connectivity index (χ3n) is 5.75. The van der Waals surface area contributed by atoms with Gasteiger partial charge in [-0.15, -0.1) is 0 Å². The van der Waals surface area contributed by atoms with Crippen molar-refractivity contribution in [2.24, 2.45) is 5.10 Å². The standard InChI is InChI=1S/C22H21F2N5O3/c23-13-7-8-14(24)18-17(13)19(28-29-20(18)30)11-6-9-15-16(10-11)26-21(25-15)27-22(31)32-12-4-2-1-3-5-12/h6-10,12,20,29-30H,1-5H2,(H2,25,26,27,31). The molecule has 1 fully saturated rings. The number of aliphatic hydroxyl groups is 1. The van der Waals surface area contributed by atoms with Gasteiger partial charge in [-0.05, 0) is 49.9 Å². The van der Waals surface area contributed by atoms with E-state index in [1.54, 1.807) is 18.2 Å². The molecule has 0 spiro atoms. The number of anilines is 1. The minimum Gasteiger partial charge on any atom is -0.446 e. The van der Waals surface area contributed by atoms with Crippen LogP contribution in [0.15, 0.2) is 35.4 Å². The average molecular weight is 441 g/mol. The summed E-state index contributed by atoms with van der Waals surface area (Å²) in [6.45, 7) is 0. The highest BCUT2D eigenvalue weighted by molar-refractivity contribution is 6.15. The van der Waals surface area contributed by atoms with Crippen molar-refractivity contribution in [3.8, 4) is 0 Å². The molecule has 1 atom stereocenters. The second-order valence-electron chi connectivity index (χ2n) is 7.92. The monoisotopic (exact) mass is 441 g/mol. The van der Waals surface area contributed by atoms with Gasteiger partial charge in [0.25, 0.3) is 0 Å². The highest BCUT2D eigenvalue weighted by Crippen LogP contribution is 2.30. The van der Waals surface area contributed by atoms with E-state index in [1.807, 2.05) is 0 Å². The fourth-order valence-electron chi connectivity index (χ4n) is 4.20. The maximum absolute atomic E-state index is 14.5. The van der Waals surface area contributed by atoms with E-state index >= 15 is 0 Å². The van der Waals surface area contributed by atoms with Crippen molar-refractivity contribution in [3.63, 3.8) is 0 Å². The third-order valence-corrected chi connectivity index (χ3v) is 5.75. The number of aromatic amines is 1. The number of aromatic nitrogens is 2. The summed E-state index contributed by atoms with van der Waals surface area (Å²) >= 11 is 0. The number of aliphatic hydroxyl groups excluding tert-OH is 1. The van der Waals surface area contributed by atoms with Gasteiger partial charge in [0.2, 0.25) is 5.95 Å². The minimum atomic E-state index is -1.45. The molecule has 2 aromatic carbocycles. The molecule has 1 aliphatic carbocycles. The SMILES string of the molecule is O=C(Nc1nc2cc(C3=NNC(O)c4c(F)ccc(F)c43)ccc2[nH]1)OC1CCCCC1. The van der Waals surface area contributed by atoms with Crippen LogP contribution in [0.3, 0.4) is 0 Å². The molecule has 166 valence electrons. The number of amides is 1. The first-order chi connectivity index (χ1) is 15.5. The molecule has 0 radical (unpaired) electrons. The minimum absolute atomic E-state index is 0.0812. The van der Waals surface area contributed by atoms with Crippen molar-refractivity contribution in [1.82, 2.24) is 15.4 Å². The lowest BCUT2D eigenvalue weighted by atomic mass is 9.94. The maximum atomic E-state index is 14.5. The molecule has 5 rings (SSSR count). The summed E-state index contributed by atoms with van der Waals surface area (Å²) < 4.78 is 34.2. The molecule has 3 aromatic rings. The number of carbonyl (C=O) groups excluding carboxylic acids is 1. The highest BCUT2D eigenvalue weighted by atomic mass is 19.1. The molecule has 2 aliphatic rings. The number of imidazole rings is 1. The Morgan fingerprint density at radius 1 is 1.12 bits per heavy atom. The van der Waals surface area contributed by atoms with Crippen molar-refractivity contribution in [1.29, 1.82) is 0 Å². The van der Waals surface area contributed by atoms with E-state index in [-0.39, 0.29) is 28.9 Å². The lowest BCUT2D eigenvalue weighted by molar-refractivity contribution is 0.0864. The van der Waals surface area contributed by atoms with E-state index in [0.717, 1.165) is 44.2 Å². The average Bonchev–Trinajstić information content (AvgIpc) is 3.18. The Hall–Kier alpha value is -3.53. The van der Waals surface area contributed by atoms with Gasteiger partial charge in [-0.1, -0.05) is 12.5 Å². The van der Waals surface area contributed by atoms with Crippen LogP contribution in [0, 0.1) is 11.6 Å². The zero-order chi connectivity index (χ0) is 22.2. The third kappa shape index (κ3) is 3.77. The van der Waals surface area contributed by atoms with Crippen LogP contribution in [0.25, 0.3) is 11.0 Å². The molecular formula is C22H21F2N5O3. The smallest absolute Gasteiger partial charge is 0.414 e. The first-order valence-corrected chi connectivity index (χ1v) is 10.5. The van der Waals surface area contributed by atoms with Crippen LogP contribution in [-0.2, 0) is 4.74 Å². The molecule has 1 amide bonds. The predicted octanol–water partition coefficient (Wildman–Crippen LogP) is 4.07. The van der Waals surface area contributed by atoms with Crippen molar-refractivity contribution < 1.29 is 23.4 Å². The summed E-state index contributed by atoms with van der Waals surface area (Å²) in [7, 11) is 0. The largest absolute Gasteiger partial charge is 0.446 e. The molecule has 1 aromatic heterocycles. The summed E-state index contributed by atoms with van der Waals surface area (Å²) in [5.41, 5.74) is 3.81. The molecule has 4 N–H and O–H groups in total.